The van der Waals surface area contributed by atoms with Crippen LogP contribution in [0.1, 0.15) is 13.3 Å². The topological polar surface area (TPSA) is 179 Å². The van der Waals surface area contributed by atoms with E-state index in [-0.39, 0.29) is 6.61 Å². The minimum atomic E-state index is -2.19. The molecule has 11 nitrogen and oxygen atoms in total. The Morgan fingerprint density at radius 3 is 2.15 bits per heavy atom. The summed E-state index contributed by atoms with van der Waals surface area (Å²) < 4.78 is 21.3. The van der Waals surface area contributed by atoms with E-state index >= 15 is 0 Å². The quantitative estimate of drug-likeness (QED) is 0.203. The first-order chi connectivity index (χ1) is 12.3. The standard InChI is InChI=1S/C15H28O11/c1-2-3-23-5-8-9(18)11(20)12(21)14(24-8)26-15(6-17)13(22)10(19)7(4-16)25-15/h7-14,16-22H,2-6H2,1H3/t7-,8-,9-,10-,11+,12-,13+,14-,15+/m1/s1. The zero-order valence-electron chi connectivity index (χ0n) is 14.4. The molecule has 0 aromatic rings. The molecule has 2 heterocycles. The van der Waals surface area contributed by atoms with E-state index in [0.717, 1.165) is 6.42 Å². The molecule has 2 aliphatic heterocycles. The minimum absolute atomic E-state index is 0.0872. The number of ether oxygens (including phenoxy) is 4. The molecule has 0 aliphatic carbocycles. The number of rotatable bonds is 8. The van der Waals surface area contributed by atoms with Crippen molar-refractivity contribution in [2.24, 2.45) is 0 Å². The van der Waals surface area contributed by atoms with Gasteiger partial charge in [-0.2, -0.15) is 0 Å². The van der Waals surface area contributed by atoms with Crippen LogP contribution in [0.25, 0.3) is 0 Å². The lowest BCUT2D eigenvalue weighted by atomic mass is 9.99. The maximum atomic E-state index is 10.1. The van der Waals surface area contributed by atoms with Crippen LogP contribution < -0.4 is 0 Å². The van der Waals surface area contributed by atoms with Crippen LogP contribution in [-0.4, -0.2) is 117 Å². The number of hydrogen-bond donors (Lipinski definition) is 7. The van der Waals surface area contributed by atoms with Crippen LogP contribution in [0.15, 0.2) is 0 Å². The second-order valence-corrected chi connectivity index (χ2v) is 6.45. The van der Waals surface area contributed by atoms with Crippen molar-refractivity contribution in [3.63, 3.8) is 0 Å². The molecule has 0 aromatic heterocycles. The Hall–Kier alpha value is -0.440. The zero-order valence-corrected chi connectivity index (χ0v) is 14.4. The van der Waals surface area contributed by atoms with Crippen molar-refractivity contribution in [2.75, 3.05) is 26.4 Å². The summed E-state index contributed by atoms with van der Waals surface area (Å²) >= 11 is 0. The van der Waals surface area contributed by atoms with Gasteiger partial charge in [0.1, 0.15) is 49.3 Å². The summed E-state index contributed by atoms with van der Waals surface area (Å²) in [5.41, 5.74) is 0. The van der Waals surface area contributed by atoms with Gasteiger partial charge in [0, 0.05) is 6.61 Å². The molecule has 2 aliphatic rings. The Bertz CT molecular complexity index is 438. The lowest BCUT2D eigenvalue weighted by molar-refractivity contribution is -0.384. The Morgan fingerprint density at radius 1 is 0.923 bits per heavy atom. The van der Waals surface area contributed by atoms with Gasteiger partial charge in [0.25, 0.3) is 0 Å². The van der Waals surface area contributed by atoms with Gasteiger partial charge in [0.15, 0.2) is 6.29 Å². The fourth-order valence-electron chi connectivity index (χ4n) is 2.96. The molecular weight excluding hydrogens is 356 g/mol. The van der Waals surface area contributed by atoms with Gasteiger partial charge in [0.2, 0.25) is 5.79 Å². The minimum Gasteiger partial charge on any atom is -0.394 e. The summed E-state index contributed by atoms with van der Waals surface area (Å²) in [6, 6.07) is 0. The molecule has 2 fully saturated rings. The molecule has 0 amide bonds. The maximum absolute atomic E-state index is 10.1. The largest absolute Gasteiger partial charge is 0.394 e. The third-order valence-electron chi connectivity index (χ3n) is 4.52. The van der Waals surface area contributed by atoms with Gasteiger partial charge in [-0.25, -0.2) is 0 Å². The fraction of sp³-hybridized carbons (Fsp3) is 1.00. The Kier molecular flexibility index (Phi) is 7.71. The molecule has 7 N–H and O–H groups in total. The van der Waals surface area contributed by atoms with E-state index in [1.807, 2.05) is 6.92 Å². The SMILES string of the molecule is CCCOC[C@H]1O[C@H](O[C@]2(CO)O[C@H](CO)[C@@H](O)[C@@H]2O)[C@H](O)[C@@H](O)[C@@H]1O. The monoisotopic (exact) mass is 384 g/mol. The van der Waals surface area contributed by atoms with Crippen molar-refractivity contribution in [3.8, 4) is 0 Å². The Balaban J connectivity index is 2.12. The van der Waals surface area contributed by atoms with E-state index in [9.17, 15) is 35.7 Å². The van der Waals surface area contributed by atoms with Gasteiger partial charge in [-0.15, -0.1) is 0 Å². The highest BCUT2D eigenvalue weighted by Crippen LogP contribution is 2.35. The van der Waals surface area contributed by atoms with Crippen molar-refractivity contribution in [3.05, 3.63) is 0 Å². The molecule has 11 heteroatoms. The van der Waals surface area contributed by atoms with Crippen molar-refractivity contribution in [1.82, 2.24) is 0 Å². The van der Waals surface area contributed by atoms with E-state index in [1.165, 1.54) is 0 Å². The van der Waals surface area contributed by atoms with Crippen LogP contribution >= 0.6 is 0 Å². The summed E-state index contributed by atoms with van der Waals surface area (Å²) in [5, 5.41) is 68.9. The first kappa shape index (κ1) is 21.9. The summed E-state index contributed by atoms with van der Waals surface area (Å²) in [5.74, 6) is -2.19. The highest BCUT2D eigenvalue weighted by atomic mass is 16.8. The van der Waals surface area contributed by atoms with Crippen LogP contribution in [-0.2, 0) is 18.9 Å². The predicted molar refractivity (Wildman–Crippen MR) is 82.7 cm³/mol. The highest BCUT2D eigenvalue weighted by molar-refractivity contribution is 4.98. The van der Waals surface area contributed by atoms with E-state index in [1.54, 1.807) is 0 Å². The molecule has 0 unspecified atom stereocenters. The predicted octanol–water partition coefficient (Wildman–Crippen LogP) is -3.96. The normalized spacial score (nSPS) is 46.6. The van der Waals surface area contributed by atoms with Crippen LogP contribution in [0.5, 0.6) is 0 Å². The molecule has 0 saturated carbocycles. The number of hydrogen-bond acceptors (Lipinski definition) is 11. The number of aliphatic hydroxyl groups excluding tert-OH is 7. The molecule has 0 bridgehead atoms. The molecule has 154 valence electrons. The lowest BCUT2D eigenvalue weighted by Gasteiger charge is -2.43. The first-order valence-corrected chi connectivity index (χ1v) is 8.52. The fourth-order valence-corrected chi connectivity index (χ4v) is 2.96. The van der Waals surface area contributed by atoms with Crippen molar-refractivity contribution >= 4 is 0 Å². The molecule has 2 rings (SSSR count). The molecule has 2 saturated heterocycles. The molecule has 9 atom stereocenters. The third kappa shape index (κ3) is 4.18. The van der Waals surface area contributed by atoms with Crippen molar-refractivity contribution < 1.29 is 54.7 Å². The smallest absolute Gasteiger partial charge is 0.224 e. The average Bonchev–Trinajstić information content (AvgIpc) is 2.88. The van der Waals surface area contributed by atoms with E-state index in [2.05, 4.69) is 0 Å². The third-order valence-corrected chi connectivity index (χ3v) is 4.52. The van der Waals surface area contributed by atoms with E-state index < -0.39 is 68.0 Å². The second-order valence-electron chi connectivity index (χ2n) is 6.45. The summed E-state index contributed by atoms with van der Waals surface area (Å²) in [6.07, 6.45) is -11.3. The average molecular weight is 384 g/mol. The van der Waals surface area contributed by atoms with Gasteiger partial charge < -0.3 is 54.7 Å². The van der Waals surface area contributed by atoms with Crippen LogP contribution in [0.3, 0.4) is 0 Å². The second kappa shape index (κ2) is 9.17. The Labute approximate surface area is 150 Å². The molecular formula is C15H28O11. The molecule has 26 heavy (non-hydrogen) atoms. The van der Waals surface area contributed by atoms with Crippen LogP contribution in [0, 0.1) is 0 Å². The van der Waals surface area contributed by atoms with E-state index in [4.69, 9.17) is 18.9 Å². The highest BCUT2D eigenvalue weighted by Gasteiger charge is 2.58. The maximum Gasteiger partial charge on any atom is 0.224 e. The zero-order chi connectivity index (χ0) is 19.5. The van der Waals surface area contributed by atoms with Crippen molar-refractivity contribution in [2.45, 2.75) is 68.1 Å². The summed E-state index contributed by atoms with van der Waals surface area (Å²) in [6.45, 7) is 0.616. The van der Waals surface area contributed by atoms with Gasteiger partial charge in [0.05, 0.1) is 13.2 Å². The van der Waals surface area contributed by atoms with Crippen LogP contribution in [0.2, 0.25) is 0 Å². The summed E-state index contributed by atoms with van der Waals surface area (Å²) in [7, 11) is 0. The van der Waals surface area contributed by atoms with Gasteiger partial charge in [-0.1, -0.05) is 6.92 Å². The molecule has 0 spiro atoms. The first-order valence-electron chi connectivity index (χ1n) is 8.52. The van der Waals surface area contributed by atoms with Gasteiger partial charge in [-0.3, -0.25) is 0 Å². The number of aliphatic hydroxyl groups is 7. The van der Waals surface area contributed by atoms with Crippen LogP contribution in [0.4, 0.5) is 0 Å². The van der Waals surface area contributed by atoms with Gasteiger partial charge >= 0.3 is 0 Å². The van der Waals surface area contributed by atoms with Gasteiger partial charge in [-0.05, 0) is 6.42 Å². The van der Waals surface area contributed by atoms with E-state index in [0.29, 0.717) is 6.61 Å². The molecule has 0 radical (unpaired) electrons. The Morgan fingerprint density at radius 2 is 1.62 bits per heavy atom. The summed E-state index contributed by atoms with van der Waals surface area (Å²) in [4.78, 5) is 0. The molecule has 0 aromatic carbocycles. The van der Waals surface area contributed by atoms with Crippen molar-refractivity contribution in [1.29, 1.82) is 0 Å². The lowest BCUT2D eigenvalue weighted by Crippen LogP contribution is -2.62.